The summed E-state index contributed by atoms with van der Waals surface area (Å²) in [4.78, 5) is 9.75. The summed E-state index contributed by atoms with van der Waals surface area (Å²) in [5.74, 6) is 0.414. The summed E-state index contributed by atoms with van der Waals surface area (Å²) in [6.07, 6.45) is 1.42. The minimum absolute atomic E-state index is 0.219. The van der Waals surface area contributed by atoms with E-state index in [1.54, 1.807) is 25.1 Å². The molecule has 3 aromatic rings. The van der Waals surface area contributed by atoms with Gasteiger partial charge in [0.25, 0.3) is 10.0 Å². The van der Waals surface area contributed by atoms with Crippen LogP contribution in [0.3, 0.4) is 0 Å². The van der Waals surface area contributed by atoms with Gasteiger partial charge >= 0.3 is 0 Å². The molecular weight excluding hydrogens is 408 g/mol. The second-order valence-corrected chi connectivity index (χ2v) is 9.56. The fraction of sp³-hybridized carbons (Fsp3) is 0.300. The first-order chi connectivity index (χ1) is 13.7. The van der Waals surface area contributed by atoms with Crippen molar-refractivity contribution in [2.75, 3.05) is 17.1 Å². The molecule has 3 rings (SSSR count). The summed E-state index contributed by atoms with van der Waals surface area (Å²) in [5, 5.41) is 4.11. The van der Waals surface area contributed by atoms with Crippen LogP contribution in [0.25, 0.3) is 10.4 Å². The van der Waals surface area contributed by atoms with Gasteiger partial charge in [0.1, 0.15) is 0 Å². The van der Waals surface area contributed by atoms with Gasteiger partial charge in [-0.3, -0.25) is 4.72 Å². The maximum Gasteiger partial charge on any atom is 0.262 e. The summed E-state index contributed by atoms with van der Waals surface area (Å²) in [7, 11) is -2.28. The van der Waals surface area contributed by atoms with Crippen LogP contribution in [0.1, 0.15) is 25.1 Å². The molecule has 0 bridgehead atoms. The predicted molar refractivity (Wildman–Crippen MR) is 117 cm³/mol. The van der Waals surface area contributed by atoms with E-state index in [2.05, 4.69) is 20.0 Å². The number of pyridine rings is 1. The average Bonchev–Trinajstić information content (AvgIpc) is 3.01. The largest absolute Gasteiger partial charge is 0.481 e. The Kier molecular flexibility index (Phi) is 6.09. The number of rotatable bonds is 7. The van der Waals surface area contributed by atoms with Crippen molar-refractivity contribution in [3.8, 4) is 16.3 Å². The Morgan fingerprint density at radius 2 is 1.90 bits per heavy atom. The molecule has 2 aromatic heterocycles. The number of hydrogen-bond donors (Lipinski definition) is 2. The van der Waals surface area contributed by atoms with Crippen LogP contribution in [-0.2, 0) is 10.0 Å². The van der Waals surface area contributed by atoms with Gasteiger partial charge in [-0.2, -0.15) is 0 Å². The molecule has 7 nitrogen and oxygen atoms in total. The fourth-order valence-corrected chi connectivity index (χ4v) is 5.20. The van der Waals surface area contributed by atoms with Crippen LogP contribution < -0.4 is 14.8 Å². The van der Waals surface area contributed by atoms with Gasteiger partial charge in [0.05, 0.1) is 34.5 Å². The molecular formula is C20H24N4O3S2. The topological polar surface area (TPSA) is 93.2 Å². The molecule has 2 N–H and O–H groups in total. The smallest absolute Gasteiger partial charge is 0.262 e. The maximum absolute atomic E-state index is 13.0. The van der Waals surface area contributed by atoms with E-state index < -0.39 is 10.0 Å². The van der Waals surface area contributed by atoms with Crippen molar-refractivity contribution in [2.24, 2.45) is 0 Å². The number of aromatic nitrogens is 2. The minimum Gasteiger partial charge on any atom is -0.481 e. The first kappa shape index (κ1) is 21.1. The van der Waals surface area contributed by atoms with Crippen molar-refractivity contribution in [3.05, 3.63) is 47.8 Å². The van der Waals surface area contributed by atoms with Crippen LogP contribution in [0.5, 0.6) is 5.88 Å². The Balaban J connectivity index is 1.95. The number of ether oxygens (including phenoxy) is 1. The van der Waals surface area contributed by atoms with E-state index in [9.17, 15) is 8.42 Å². The van der Waals surface area contributed by atoms with Gasteiger partial charge in [-0.25, -0.2) is 18.4 Å². The molecule has 154 valence electrons. The highest BCUT2D eigenvalue weighted by molar-refractivity contribution is 7.92. The Morgan fingerprint density at radius 3 is 2.52 bits per heavy atom. The maximum atomic E-state index is 13.0. The summed E-state index contributed by atoms with van der Waals surface area (Å²) in [6, 6.07) is 8.90. The molecule has 0 radical (unpaired) electrons. The highest BCUT2D eigenvalue weighted by atomic mass is 32.2. The highest BCUT2D eigenvalue weighted by Gasteiger charge is 2.20. The lowest BCUT2D eigenvalue weighted by atomic mass is 10.1. The average molecular weight is 433 g/mol. The third kappa shape index (κ3) is 4.86. The number of methoxy groups -OCH3 is 1. The van der Waals surface area contributed by atoms with Crippen LogP contribution in [-0.4, -0.2) is 31.5 Å². The summed E-state index contributed by atoms with van der Waals surface area (Å²) < 4.78 is 33.6. The first-order valence-electron chi connectivity index (χ1n) is 9.07. The normalized spacial score (nSPS) is 11.5. The molecule has 0 atom stereocenters. The van der Waals surface area contributed by atoms with Crippen molar-refractivity contribution < 1.29 is 13.2 Å². The number of sulfonamides is 1. The summed E-state index contributed by atoms with van der Waals surface area (Å²) in [6.45, 7) is 7.79. The number of hydrogen-bond acceptors (Lipinski definition) is 7. The Labute approximate surface area is 175 Å². The van der Waals surface area contributed by atoms with Crippen molar-refractivity contribution in [1.29, 1.82) is 0 Å². The molecule has 0 saturated heterocycles. The standard InChI is InChI=1S/C20H24N4O3S2/c1-12(2)22-20-23-14(4)19(28-20)15-7-6-13(3)17(10-15)29(25,26)24-16-8-9-18(27-5)21-11-16/h6-12,24H,1-5H3,(H,22,23). The van der Waals surface area contributed by atoms with Crippen molar-refractivity contribution in [3.63, 3.8) is 0 Å². The number of nitrogens with one attached hydrogen (secondary N) is 2. The molecule has 29 heavy (non-hydrogen) atoms. The summed E-state index contributed by atoms with van der Waals surface area (Å²) in [5.41, 5.74) is 2.70. The lowest BCUT2D eigenvalue weighted by Crippen LogP contribution is -2.14. The van der Waals surface area contributed by atoms with Gasteiger partial charge in [-0.1, -0.05) is 23.5 Å². The second-order valence-electron chi connectivity index (χ2n) is 6.91. The van der Waals surface area contributed by atoms with Crippen LogP contribution in [0.15, 0.2) is 41.4 Å². The van der Waals surface area contributed by atoms with Crippen LogP contribution >= 0.6 is 11.3 Å². The monoisotopic (exact) mass is 432 g/mol. The molecule has 9 heteroatoms. The molecule has 0 aliphatic rings. The number of aryl methyl sites for hydroxylation is 2. The molecule has 2 heterocycles. The SMILES string of the molecule is COc1ccc(NS(=O)(=O)c2cc(-c3sc(NC(C)C)nc3C)ccc2C)cn1. The second kappa shape index (κ2) is 8.38. The zero-order valence-corrected chi connectivity index (χ0v) is 18.6. The number of thiazole rings is 1. The van der Waals surface area contributed by atoms with Gasteiger partial charge in [-0.05, 0) is 51.0 Å². The van der Waals surface area contributed by atoms with E-state index in [0.717, 1.165) is 21.3 Å². The minimum atomic E-state index is -3.78. The van der Waals surface area contributed by atoms with Gasteiger partial charge in [0, 0.05) is 12.1 Å². The van der Waals surface area contributed by atoms with Gasteiger partial charge in [0.2, 0.25) is 5.88 Å². The van der Waals surface area contributed by atoms with Crippen molar-refractivity contribution in [1.82, 2.24) is 9.97 Å². The molecule has 1 aromatic carbocycles. The van der Waals surface area contributed by atoms with E-state index in [4.69, 9.17) is 4.74 Å². The Bertz CT molecular complexity index is 1110. The summed E-state index contributed by atoms with van der Waals surface area (Å²) >= 11 is 1.51. The van der Waals surface area contributed by atoms with Gasteiger partial charge in [0.15, 0.2) is 5.13 Å². The molecule has 0 spiro atoms. The lowest BCUT2D eigenvalue weighted by molar-refractivity contribution is 0.398. The molecule has 0 saturated carbocycles. The lowest BCUT2D eigenvalue weighted by Gasteiger charge is -2.12. The van der Waals surface area contributed by atoms with Gasteiger partial charge in [-0.15, -0.1) is 0 Å². The number of anilines is 2. The third-order valence-electron chi connectivity index (χ3n) is 4.15. The van der Waals surface area contributed by atoms with E-state index in [1.807, 2.05) is 32.9 Å². The van der Waals surface area contributed by atoms with Crippen LogP contribution in [0.4, 0.5) is 10.8 Å². The van der Waals surface area contributed by atoms with Crippen molar-refractivity contribution in [2.45, 2.75) is 38.6 Å². The zero-order chi connectivity index (χ0) is 21.2. The van der Waals surface area contributed by atoms with E-state index in [1.165, 1.54) is 24.6 Å². The molecule has 0 aliphatic carbocycles. The van der Waals surface area contributed by atoms with E-state index in [-0.39, 0.29) is 10.9 Å². The van der Waals surface area contributed by atoms with Gasteiger partial charge < -0.3 is 10.1 Å². The predicted octanol–water partition coefficient (Wildman–Crippen LogP) is 4.45. The quantitative estimate of drug-likeness (QED) is 0.573. The molecule has 0 amide bonds. The molecule has 0 aliphatic heterocycles. The third-order valence-corrected chi connectivity index (χ3v) is 6.81. The fourth-order valence-electron chi connectivity index (χ4n) is 2.78. The highest BCUT2D eigenvalue weighted by Crippen LogP contribution is 2.35. The van der Waals surface area contributed by atoms with E-state index in [0.29, 0.717) is 17.1 Å². The van der Waals surface area contributed by atoms with Crippen LogP contribution in [0, 0.1) is 13.8 Å². The molecule has 0 unspecified atom stereocenters. The number of benzene rings is 1. The zero-order valence-electron chi connectivity index (χ0n) is 17.0. The number of nitrogens with zero attached hydrogens (tertiary/aromatic N) is 2. The van der Waals surface area contributed by atoms with Crippen molar-refractivity contribution >= 4 is 32.2 Å². The van der Waals surface area contributed by atoms with E-state index >= 15 is 0 Å². The Hall–Kier alpha value is -2.65. The molecule has 0 fully saturated rings. The first-order valence-corrected chi connectivity index (χ1v) is 11.4. The van der Waals surface area contributed by atoms with Crippen LogP contribution in [0.2, 0.25) is 0 Å². The Morgan fingerprint density at radius 1 is 1.14 bits per heavy atom.